The largest absolute Gasteiger partial charge is 0.446 e. The first-order chi connectivity index (χ1) is 16.6. The van der Waals surface area contributed by atoms with Gasteiger partial charge in [-0.05, 0) is 41.4 Å². The van der Waals surface area contributed by atoms with Crippen molar-refractivity contribution in [2.24, 2.45) is 5.92 Å². The molecular formula is C27H34F3NO4Si. The molecule has 0 N–H and O–H groups in total. The standard InChI is InChI=1S/C27H34F3NO4Si/c1-18(24(32)31-23(17-34-25(31)33)20-10-8-7-9-11-20)22(16-35-36(5,6)26(2,3)4)19-12-14-21(15-13-19)27(28,29)30/h7-15,18,22-23H,16-17H2,1-6H3/t18-,22+,23+/m0/s1. The van der Waals surface area contributed by atoms with E-state index in [2.05, 4.69) is 33.9 Å². The summed E-state index contributed by atoms with van der Waals surface area (Å²) in [5.41, 5.74) is 0.556. The van der Waals surface area contributed by atoms with E-state index < -0.39 is 49.9 Å². The van der Waals surface area contributed by atoms with E-state index in [0.717, 1.165) is 22.6 Å². The molecule has 5 nitrogen and oxygen atoms in total. The normalized spacial score (nSPS) is 18.6. The minimum atomic E-state index is -4.46. The third-order valence-corrected chi connectivity index (χ3v) is 11.9. The van der Waals surface area contributed by atoms with Crippen molar-refractivity contribution in [3.63, 3.8) is 0 Å². The topological polar surface area (TPSA) is 55.8 Å². The van der Waals surface area contributed by atoms with Crippen LogP contribution in [0.5, 0.6) is 0 Å². The first-order valence-electron chi connectivity index (χ1n) is 12.0. The molecule has 2 amide bonds. The van der Waals surface area contributed by atoms with Crippen molar-refractivity contribution in [2.75, 3.05) is 13.2 Å². The summed E-state index contributed by atoms with van der Waals surface area (Å²) < 4.78 is 51.1. The maximum absolute atomic E-state index is 13.7. The number of carbonyl (C=O) groups is 2. The Kier molecular flexibility index (Phi) is 8.05. The van der Waals surface area contributed by atoms with E-state index in [-0.39, 0.29) is 18.3 Å². The molecule has 2 aromatic carbocycles. The zero-order chi connectivity index (χ0) is 26.9. The number of alkyl halides is 3. The molecule has 0 saturated carbocycles. The van der Waals surface area contributed by atoms with E-state index in [1.165, 1.54) is 12.1 Å². The van der Waals surface area contributed by atoms with Crippen LogP contribution in [-0.2, 0) is 20.1 Å². The van der Waals surface area contributed by atoms with Gasteiger partial charge in [-0.3, -0.25) is 4.79 Å². The molecule has 196 valence electrons. The smallest absolute Gasteiger partial charge is 0.417 e. The second-order valence-corrected chi connectivity index (χ2v) is 15.6. The molecule has 2 aromatic rings. The fraction of sp³-hybridized carbons (Fsp3) is 0.481. The first-order valence-corrected chi connectivity index (χ1v) is 14.9. The average molecular weight is 522 g/mol. The van der Waals surface area contributed by atoms with Crippen molar-refractivity contribution in [2.45, 2.75) is 64.0 Å². The highest BCUT2D eigenvalue weighted by Crippen LogP contribution is 2.40. The van der Waals surface area contributed by atoms with Crippen LogP contribution < -0.4 is 0 Å². The molecule has 0 aromatic heterocycles. The molecule has 0 aliphatic carbocycles. The number of ether oxygens (including phenoxy) is 1. The Bertz CT molecular complexity index is 1070. The Labute approximate surface area is 211 Å². The van der Waals surface area contributed by atoms with Gasteiger partial charge in [-0.25, -0.2) is 9.69 Å². The van der Waals surface area contributed by atoms with Crippen molar-refractivity contribution in [1.82, 2.24) is 4.90 Å². The molecule has 0 bridgehead atoms. The van der Waals surface area contributed by atoms with Gasteiger partial charge in [0.15, 0.2) is 8.32 Å². The van der Waals surface area contributed by atoms with Gasteiger partial charge >= 0.3 is 12.3 Å². The number of hydrogen-bond donors (Lipinski definition) is 0. The number of amides is 2. The molecule has 1 saturated heterocycles. The number of carbonyl (C=O) groups excluding carboxylic acids is 2. The van der Waals surface area contributed by atoms with Crippen LogP contribution in [0.1, 0.15) is 56.3 Å². The third kappa shape index (κ3) is 6.00. The maximum atomic E-state index is 13.7. The van der Waals surface area contributed by atoms with Crippen LogP contribution in [-0.4, -0.2) is 38.4 Å². The molecule has 1 aliphatic rings. The zero-order valence-corrected chi connectivity index (χ0v) is 22.6. The van der Waals surface area contributed by atoms with E-state index in [1.807, 2.05) is 30.3 Å². The summed E-state index contributed by atoms with van der Waals surface area (Å²) in [6, 6.07) is 13.4. The monoisotopic (exact) mass is 521 g/mol. The summed E-state index contributed by atoms with van der Waals surface area (Å²) in [6.07, 6.45) is -5.19. The molecular weight excluding hydrogens is 487 g/mol. The molecule has 36 heavy (non-hydrogen) atoms. The first kappa shape index (κ1) is 27.9. The minimum absolute atomic E-state index is 0.0483. The predicted octanol–water partition coefficient (Wildman–Crippen LogP) is 7.17. The summed E-state index contributed by atoms with van der Waals surface area (Å²) in [7, 11) is -2.23. The number of imide groups is 1. The van der Waals surface area contributed by atoms with Crippen LogP contribution in [0.25, 0.3) is 0 Å². The van der Waals surface area contributed by atoms with Gasteiger partial charge in [-0.1, -0.05) is 70.2 Å². The van der Waals surface area contributed by atoms with Crippen LogP contribution in [0.4, 0.5) is 18.0 Å². The Morgan fingerprint density at radius 3 is 2.19 bits per heavy atom. The van der Waals surface area contributed by atoms with Gasteiger partial charge in [0.05, 0.1) is 5.56 Å². The molecule has 0 spiro atoms. The number of halogens is 3. The Morgan fingerprint density at radius 2 is 1.67 bits per heavy atom. The highest BCUT2D eigenvalue weighted by molar-refractivity contribution is 6.74. The van der Waals surface area contributed by atoms with Crippen molar-refractivity contribution >= 4 is 20.3 Å². The van der Waals surface area contributed by atoms with E-state index in [9.17, 15) is 22.8 Å². The maximum Gasteiger partial charge on any atom is 0.417 e. The van der Waals surface area contributed by atoms with E-state index in [1.54, 1.807) is 6.92 Å². The lowest BCUT2D eigenvalue weighted by Crippen LogP contribution is -2.44. The Balaban J connectivity index is 1.93. The van der Waals surface area contributed by atoms with Crippen LogP contribution in [0.15, 0.2) is 54.6 Å². The predicted molar refractivity (Wildman–Crippen MR) is 134 cm³/mol. The molecule has 3 atom stereocenters. The lowest BCUT2D eigenvalue weighted by atomic mass is 9.86. The molecule has 0 radical (unpaired) electrons. The molecule has 9 heteroatoms. The molecule has 3 rings (SSSR count). The van der Waals surface area contributed by atoms with Crippen molar-refractivity contribution in [1.29, 1.82) is 0 Å². The van der Waals surface area contributed by atoms with Gasteiger partial charge in [0.1, 0.15) is 12.6 Å². The second kappa shape index (κ2) is 10.4. The fourth-order valence-electron chi connectivity index (χ4n) is 3.94. The highest BCUT2D eigenvalue weighted by atomic mass is 28.4. The number of rotatable bonds is 7. The van der Waals surface area contributed by atoms with Crippen LogP contribution in [0, 0.1) is 5.92 Å². The molecule has 1 aliphatic heterocycles. The number of nitrogens with zero attached hydrogens (tertiary/aromatic N) is 1. The van der Waals surface area contributed by atoms with Gasteiger partial charge < -0.3 is 9.16 Å². The second-order valence-electron chi connectivity index (χ2n) is 10.8. The Hall–Kier alpha value is -2.65. The van der Waals surface area contributed by atoms with Crippen LogP contribution >= 0.6 is 0 Å². The lowest BCUT2D eigenvalue weighted by Gasteiger charge is -2.38. The minimum Gasteiger partial charge on any atom is -0.446 e. The lowest BCUT2D eigenvalue weighted by molar-refractivity contribution is -0.137. The summed E-state index contributed by atoms with van der Waals surface area (Å²) >= 11 is 0. The zero-order valence-electron chi connectivity index (χ0n) is 21.6. The fourth-order valence-corrected chi connectivity index (χ4v) is 4.97. The molecule has 1 heterocycles. The molecule has 0 unspecified atom stereocenters. The van der Waals surface area contributed by atoms with Crippen LogP contribution in [0.2, 0.25) is 18.1 Å². The van der Waals surface area contributed by atoms with Crippen molar-refractivity contribution in [3.8, 4) is 0 Å². The van der Waals surface area contributed by atoms with Crippen molar-refractivity contribution in [3.05, 3.63) is 71.3 Å². The number of hydrogen-bond acceptors (Lipinski definition) is 4. The molecule has 1 fully saturated rings. The summed E-state index contributed by atoms with van der Waals surface area (Å²) in [6.45, 7) is 12.3. The third-order valence-electron chi connectivity index (χ3n) is 7.38. The summed E-state index contributed by atoms with van der Waals surface area (Å²) in [5, 5.41) is -0.0951. The summed E-state index contributed by atoms with van der Waals surface area (Å²) in [4.78, 5) is 27.4. The Morgan fingerprint density at radius 1 is 1.08 bits per heavy atom. The van der Waals surface area contributed by atoms with Gasteiger partial charge in [-0.15, -0.1) is 0 Å². The number of cyclic esters (lactones) is 1. The highest BCUT2D eigenvalue weighted by Gasteiger charge is 2.44. The van der Waals surface area contributed by atoms with Gasteiger partial charge in [0.25, 0.3) is 0 Å². The average Bonchev–Trinajstić information content (AvgIpc) is 3.19. The SMILES string of the molecule is C[C@H](C(=O)N1C(=O)OC[C@@H]1c1ccccc1)[C@@H](CO[Si](C)(C)C(C)(C)C)c1ccc(C(F)(F)F)cc1. The van der Waals surface area contributed by atoms with Gasteiger partial charge in [-0.2, -0.15) is 13.2 Å². The van der Waals surface area contributed by atoms with E-state index >= 15 is 0 Å². The van der Waals surface area contributed by atoms with Crippen LogP contribution in [0.3, 0.4) is 0 Å². The van der Waals surface area contributed by atoms with Gasteiger partial charge in [0, 0.05) is 18.4 Å². The quantitative estimate of drug-likeness (QED) is 0.363. The van der Waals surface area contributed by atoms with Crippen molar-refractivity contribution < 1.29 is 31.9 Å². The van der Waals surface area contributed by atoms with Gasteiger partial charge in [0.2, 0.25) is 5.91 Å². The van der Waals surface area contributed by atoms with E-state index in [0.29, 0.717) is 5.56 Å². The number of benzene rings is 2. The summed E-state index contributed by atoms with van der Waals surface area (Å²) in [5.74, 6) is -1.75. The van der Waals surface area contributed by atoms with E-state index in [4.69, 9.17) is 9.16 Å².